The molecule has 7 nitrogen and oxygen atoms in total. The number of hydrogen-bond acceptors (Lipinski definition) is 5. The van der Waals surface area contributed by atoms with Gasteiger partial charge < -0.3 is 10.2 Å². The number of hydrogen-bond donors (Lipinski definition) is 2. The Morgan fingerprint density at radius 2 is 2.05 bits per heavy atom. The monoisotopic (exact) mass is 345 g/mol. The third-order valence-corrected chi connectivity index (χ3v) is 5.60. The van der Waals surface area contributed by atoms with Crippen molar-refractivity contribution in [1.82, 2.24) is 14.9 Å². The minimum absolute atomic E-state index is 0.0736. The maximum Gasteiger partial charge on any atom is 0.250 e. The van der Waals surface area contributed by atoms with E-state index in [0.29, 0.717) is 0 Å². The molecule has 0 aromatic carbocycles. The van der Waals surface area contributed by atoms with Crippen molar-refractivity contribution in [2.75, 3.05) is 26.7 Å². The molecule has 2 N–H and O–H groups in total. The van der Waals surface area contributed by atoms with Gasteiger partial charge in [0.1, 0.15) is 4.21 Å². The lowest BCUT2D eigenvalue weighted by molar-refractivity contribution is -0.131. The predicted molar refractivity (Wildman–Crippen MR) is 85.1 cm³/mol. The van der Waals surface area contributed by atoms with E-state index in [1.807, 2.05) is 6.92 Å². The summed E-state index contributed by atoms with van der Waals surface area (Å²) in [7, 11) is -2.06. The van der Waals surface area contributed by atoms with Crippen molar-refractivity contribution in [3.8, 4) is 0 Å². The smallest absolute Gasteiger partial charge is 0.250 e. The summed E-state index contributed by atoms with van der Waals surface area (Å²) < 4.78 is 26.5. The lowest BCUT2D eigenvalue weighted by Gasteiger charge is -2.14. The van der Waals surface area contributed by atoms with Crippen LogP contribution in [0.3, 0.4) is 0 Å². The third-order valence-electron chi connectivity index (χ3n) is 2.65. The first-order valence-corrected chi connectivity index (χ1v) is 8.76. The molecule has 1 aromatic rings. The molecule has 1 rings (SSSR count). The Labute approximate surface area is 134 Å². The fourth-order valence-electron chi connectivity index (χ4n) is 1.52. The minimum Gasteiger partial charge on any atom is -0.353 e. The lowest BCUT2D eigenvalue weighted by atomic mass is 10.4. The fraction of sp³-hybridized carbons (Fsp3) is 0.385. The molecular formula is C13H19N3O4S2. The van der Waals surface area contributed by atoms with Crippen LogP contribution in [0.25, 0.3) is 0 Å². The summed E-state index contributed by atoms with van der Waals surface area (Å²) in [6.07, 6.45) is 1.12. The molecule has 0 atom stereocenters. The van der Waals surface area contributed by atoms with Crippen LogP contribution in [0.5, 0.6) is 0 Å². The largest absolute Gasteiger partial charge is 0.353 e. The van der Waals surface area contributed by atoms with Crippen LogP contribution in [-0.2, 0) is 19.6 Å². The normalized spacial score (nSPS) is 11.0. The Bertz CT molecular complexity index is 652. The van der Waals surface area contributed by atoms with Crippen LogP contribution in [0.15, 0.2) is 29.0 Å². The van der Waals surface area contributed by atoms with Crippen molar-refractivity contribution in [3.05, 3.63) is 29.7 Å². The maximum atomic E-state index is 11.9. The molecule has 0 bridgehead atoms. The van der Waals surface area contributed by atoms with Crippen LogP contribution in [0.2, 0.25) is 0 Å². The zero-order chi connectivity index (χ0) is 16.8. The van der Waals surface area contributed by atoms with Gasteiger partial charge in [-0.25, -0.2) is 13.1 Å². The molecule has 122 valence electrons. The molecule has 1 heterocycles. The van der Waals surface area contributed by atoms with Gasteiger partial charge >= 0.3 is 0 Å². The number of aryl methyl sites for hydroxylation is 1. The Morgan fingerprint density at radius 1 is 1.36 bits per heavy atom. The summed E-state index contributed by atoms with van der Waals surface area (Å²) in [5.74, 6) is -0.729. The van der Waals surface area contributed by atoms with Crippen LogP contribution in [0.4, 0.5) is 0 Å². The van der Waals surface area contributed by atoms with Gasteiger partial charge in [0.2, 0.25) is 21.8 Å². The van der Waals surface area contributed by atoms with E-state index in [1.54, 1.807) is 6.07 Å². The number of carbonyl (C=O) groups is 2. The highest BCUT2D eigenvalue weighted by Gasteiger charge is 2.15. The van der Waals surface area contributed by atoms with Gasteiger partial charge in [0.05, 0.1) is 6.54 Å². The van der Waals surface area contributed by atoms with E-state index in [-0.39, 0.29) is 35.7 Å². The number of carbonyl (C=O) groups excluding carboxylic acids is 2. The fourth-order valence-corrected chi connectivity index (χ4v) is 3.88. The third kappa shape index (κ3) is 5.58. The Balaban J connectivity index is 2.34. The number of nitrogens with zero attached hydrogens (tertiary/aromatic N) is 1. The quantitative estimate of drug-likeness (QED) is 0.516. The molecule has 0 aliphatic heterocycles. The van der Waals surface area contributed by atoms with Crippen LogP contribution in [0, 0.1) is 6.92 Å². The maximum absolute atomic E-state index is 11.9. The molecule has 1 aromatic heterocycles. The molecule has 0 radical (unpaired) electrons. The molecular weight excluding hydrogens is 326 g/mol. The topological polar surface area (TPSA) is 95.6 Å². The molecule has 0 unspecified atom stereocenters. The highest BCUT2D eigenvalue weighted by Crippen LogP contribution is 2.19. The summed E-state index contributed by atoms with van der Waals surface area (Å²) in [4.78, 5) is 24.9. The van der Waals surface area contributed by atoms with Crippen LogP contribution < -0.4 is 10.0 Å². The van der Waals surface area contributed by atoms with Crippen molar-refractivity contribution in [1.29, 1.82) is 0 Å². The predicted octanol–water partition coefficient (Wildman–Crippen LogP) is 0.0954. The Kier molecular flexibility index (Phi) is 6.72. The van der Waals surface area contributed by atoms with E-state index < -0.39 is 10.0 Å². The van der Waals surface area contributed by atoms with Crippen molar-refractivity contribution in [2.24, 2.45) is 0 Å². The van der Waals surface area contributed by atoms with Gasteiger partial charge in [-0.2, -0.15) is 0 Å². The van der Waals surface area contributed by atoms with Crippen molar-refractivity contribution >= 4 is 33.2 Å². The van der Waals surface area contributed by atoms with E-state index in [1.165, 1.54) is 29.4 Å². The van der Waals surface area contributed by atoms with Gasteiger partial charge in [0.15, 0.2) is 0 Å². The van der Waals surface area contributed by atoms with Crippen LogP contribution in [0.1, 0.15) is 4.88 Å². The number of amides is 2. The first-order chi connectivity index (χ1) is 10.3. The zero-order valence-corrected chi connectivity index (χ0v) is 14.1. The number of likely N-dealkylation sites (N-methyl/N-ethyl adjacent to an activating group) is 1. The van der Waals surface area contributed by atoms with Crippen LogP contribution >= 0.6 is 11.3 Å². The molecule has 0 spiro atoms. The van der Waals surface area contributed by atoms with Gasteiger partial charge in [0.25, 0.3) is 0 Å². The van der Waals surface area contributed by atoms with E-state index in [4.69, 9.17) is 0 Å². The average molecular weight is 345 g/mol. The van der Waals surface area contributed by atoms with Gasteiger partial charge in [-0.05, 0) is 25.1 Å². The Morgan fingerprint density at radius 3 is 2.59 bits per heavy atom. The second-order valence-corrected chi connectivity index (χ2v) is 7.79. The van der Waals surface area contributed by atoms with E-state index in [2.05, 4.69) is 16.6 Å². The van der Waals surface area contributed by atoms with E-state index in [0.717, 1.165) is 11.0 Å². The summed E-state index contributed by atoms with van der Waals surface area (Å²) in [5, 5.41) is 2.53. The first-order valence-electron chi connectivity index (χ1n) is 6.46. The standard InChI is InChI=1S/C13H19N3O4S2/c1-4-12(18)16(3)9-11(17)14-7-8-15-22(19,20)13-6-5-10(2)21-13/h4-6,15H,1,7-9H2,2-3H3,(H,14,17). The van der Waals surface area contributed by atoms with Gasteiger partial charge in [-0.3, -0.25) is 9.59 Å². The molecule has 22 heavy (non-hydrogen) atoms. The summed E-state index contributed by atoms with van der Waals surface area (Å²) in [5.41, 5.74) is 0. The molecule has 0 fully saturated rings. The molecule has 0 saturated heterocycles. The molecule has 0 aliphatic rings. The number of rotatable bonds is 8. The second kappa shape index (κ2) is 8.06. The van der Waals surface area contributed by atoms with Crippen LogP contribution in [-0.4, -0.2) is 51.8 Å². The van der Waals surface area contributed by atoms with E-state index >= 15 is 0 Å². The van der Waals surface area contributed by atoms with Crippen molar-refractivity contribution < 1.29 is 18.0 Å². The molecule has 0 aliphatic carbocycles. The highest BCUT2D eigenvalue weighted by atomic mass is 32.2. The SMILES string of the molecule is C=CC(=O)N(C)CC(=O)NCCNS(=O)(=O)c1ccc(C)s1. The Hall–Kier alpha value is -1.71. The summed E-state index contributed by atoms with van der Waals surface area (Å²) >= 11 is 1.18. The number of nitrogens with one attached hydrogen (secondary N) is 2. The molecule has 9 heteroatoms. The first kappa shape index (κ1) is 18.3. The number of thiophene rings is 1. The van der Waals surface area contributed by atoms with Crippen molar-refractivity contribution in [2.45, 2.75) is 11.1 Å². The second-order valence-electron chi connectivity index (χ2n) is 4.51. The summed E-state index contributed by atoms with van der Waals surface area (Å²) in [6.45, 7) is 5.25. The van der Waals surface area contributed by atoms with E-state index in [9.17, 15) is 18.0 Å². The number of sulfonamides is 1. The molecule has 2 amide bonds. The summed E-state index contributed by atoms with van der Waals surface area (Å²) in [6, 6.07) is 3.27. The highest BCUT2D eigenvalue weighted by molar-refractivity contribution is 7.91. The molecule has 0 saturated carbocycles. The average Bonchev–Trinajstić information content (AvgIpc) is 2.90. The van der Waals surface area contributed by atoms with Gasteiger partial charge in [-0.1, -0.05) is 6.58 Å². The minimum atomic E-state index is -3.54. The zero-order valence-electron chi connectivity index (χ0n) is 12.5. The van der Waals surface area contributed by atoms with Gasteiger partial charge in [0, 0.05) is 25.0 Å². The van der Waals surface area contributed by atoms with Gasteiger partial charge in [-0.15, -0.1) is 11.3 Å². The van der Waals surface area contributed by atoms with Crippen molar-refractivity contribution in [3.63, 3.8) is 0 Å². The lowest BCUT2D eigenvalue weighted by Crippen LogP contribution is -2.40.